The van der Waals surface area contributed by atoms with Crippen LogP contribution in [0.15, 0.2) is 24.3 Å². The van der Waals surface area contributed by atoms with Crippen molar-refractivity contribution in [3.63, 3.8) is 0 Å². The van der Waals surface area contributed by atoms with E-state index in [0.717, 1.165) is 25.2 Å². The summed E-state index contributed by atoms with van der Waals surface area (Å²) in [6.07, 6.45) is -2.45. The van der Waals surface area contributed by atoms with Gasteiger partial charge in [-0.1, -0.05) is 25.1 Å². The second-order valence-corrected chi connectivity index (χ2v) is 5.11. The number of benzene rings is 1. The summed E-state index contributed by atoms with van der Waals surface area (Å²) in [7, 11) is 2.02. The van der Waals surface area contributed by atoms with Gasteiger partial charge in [0.25, 0.3) is 6.43 Å². The monoisotopic (exact) mass is 284 g/mol. The molecule has 5 heteroatoms. The molecule has 1 aromatic rings. The highest BCUT2D eigenvalue weighted by molar-refractivity contribution is 5.28. The van der Waals surface area contributed by atoms with E-state index in [1.54, 1.807) is 12.1 Å². The first-order valence-electron chi connectivity index (χ1n) is 7.04. The summed E-state index contributed by atoms with van der Waals surface area (Å²) < 4.78 is 31.5. The molecule has 1 fully saturated rings. The molecule has 20 heavy (non-hydrogen) atoms. The number of nitrogens with one attached hydrogen (secondary N) is 1. The Balaban J connectivity index is 2.22. The smallest absolute Gasteiger partial charge is 0.263 e. The lowest BCUT2D eigenvalue weighted by Crippen LogP contribution is -2.47. The first-order chi connectivity index (χ1) is 9.63. The topological polar surface area (TPSA) is 24.5 Å². The van der Waals surface area contributed by atoms with Crippen LogP contribution in [0.1, 0.15) is 30.5 Å². The van der Waals surface area contributed by atoms with E-state index in [-0.39, 0.29) is 17.7 Å². The van der Waals surface area contributed by atoms with Crippen molar-refractivity contribution in [2.24, 2.45) is 0 Å². The standard InChI is InChI=1S/C15H22F2N2O/c1-3-18-10-13-14(19(2)7-8-20-13)11-5-4-6-12(9-11)15(16)17/h4-6,9,13-15,18H,3,7-8,10H2,1-2H3. The second-order valence-electron chi connectivity index (χ2n) is 5.11. The maximum atomic E-state index is 12.9. The number of likely N-dealkylation sites (N-methyl/N-ethyl adjacent to an activating group) is 2. The lowest BCUT2D eigenvalue weighted by molar-refractivity contribution is -0.0612. The fourth-order valence-electron chi connectivity index (χ4n) is 2.67. The van der Waals surface area contributed by atoms with E-state index in [1.165, 1.54) is 6.07 Å². The van der Waals surface area contributed by atoms with Gasteiger partial charge in [-0.3, -0.25) is 4.90 Å². The van der Waals surface area contributed by atoms with E-state index in [0.29, 0.717) is 6.61 Å². The van der Waals surface area contributed by atoms with Crippen molar-refractivity contribution in [1.29, 1.82) is 0 Å². The molecule has 0 saturated carbocycles. The van der Waals surface area contributed by atoms with E-state index < -0.39 is 6.43 Å². The SMILES string of the molecule is CCNCC1OCCN(C)C1c1cccc(C(F)F)c1. The van der Waals surface area contributed by atoms with Gasteiger partial charge < -0.3 is 10.1 Å². The molecule has 1 heterocycles. The molecule has 1 aromatic carbocycles. The van der Waals surface area contributed by atoms with E-state index in [4.69, 9.17) is 4.74 Å². The Morgan fingerprint density at radius 2 is 2.25 bits per heavy atom. The highest BCUT2D eigenvalue weighted by atomic mass is 19.3. The minimum Gasteiger partial charge on any atom is -0.374 e. The average molecular weight is 284 g/mol. The summed E-state index contributed by atoms with van der Waals surface area (Å²) in [4.78, 5) is 2.18. The molecule has 1 N–H and O–H groups in total. The number of alkyl halides is 2. The molecule has 2 rings (SSSR count). The van der Waals surface area contributed by atoms with Gasteiger partial charge in [-0.05, 0) is 25.2 Å². The third kappa shape index (κ3) is 3.53. The minimum absolute atomic E-state index is 0.0124. The summed E-state index contributed by atoms with van der Waals surface area (Å²) in [5, 5.41) is 3.28. The van der Waals surface area contributed by atoms with Gasteiger partial charge in [0, 0.05) is 18.7 Å². The van der Waals surface area contributed by atoms with Gasteiger partial charge in [0.15, 0.2) is 0 Å². The van der Waals surface area contributed by atoms with Crippen molar-refractivity contribution in [3.8, 4) is 0 Å². The number of morpholine rings is 1. The summed E-state index contributed by atoms with van der Waals surface area (Å²) in [5.41, 5.74) is 0.969. The van der Waals surface area contributed by atoms with Crippen LogP contribution < -0.4 is 5.32 Å². The van der Waals surface area contributed by atoms with Crippen molar-refractivity contribution in [2.45, 2.75) is 25.5 Å². The van der Waals surface area contributed by atoms with Gasteiger partial charge >= 0.3 is 0 Å². The van der Waals surface area contributed by atoms with Crippen molar-refractivity contribution < 1.29 is 13.5 Å². The van der Waals surface area contributed by atoms with E-state index in [9.17, 15) is 8.78 Å². The van der Waals surface area contributed by atoms with Gasteiger partial charge in [-0.2, -0.15) is 0 Å². The maximum absolute atomic E-state index is 12.9. The molecule has 1 aliphatic rings. The van der Waals surface area contributed by atoms with Crippen LogP contribution in [0, 0.1) is 0 Å². The molecule has 2 unspecified atom stereocenters. The zero-order valence-corrected chi connectivity index (χ0v) is 12.0. The minimum atomic E-state index is -2.43. The molecule has 3 nitrogen and oxygen atoms in total. The Bertz CT molecular complexity index is 428. The number of halogens is 2. The van der Waals surface area contributed by atoms with Crippen molar-refractivity contribution in [3.05, 3.63) is 35.4 Å². The van der Waals surface area contributed by atoms with Crippen LogP contribution in [0.25, 0.3) is 0 Å². The highest BCUT2D eigenvalue weighted by Crippen LogP contribution is 2.30. The fourth-order valence-corrected chi connectivity index (χ4v) is 2.67. The summed E-state index contributed by atoms with van der Waals surface area (Å²) >= 11 is 0. The summed E-state index contributed by atoms with van der Waals surface area (Å²) in [6.45, 7) is 5.13. The zero-order valence-electron chi connectivity index (χ0n) is 12.0. The fraction of sp³-hybridized carbons (Fsp3) is 0.600. The van der Waals surface area contributed by atoms with Crippen molar-refractivity contribution in [2.75, 3.05) is 33.3 Å². The van der Waals surface area contributed by atoms with E-state index >= 15 is 0 Å². The Hall–Kier alpha value is -1.04. The largest absolute Gasteiger partial charge is 0.374 e. The van der Waals surface area contributed by atoms with Crippen molar-refractivity contribution in [1.82, 2.24) is 10.2 Å². The van der Waals surface area contributed by atoms with Gasteiger partial charge in [-0.15, -0.1) is 0 Å². The zero-order chi connectivity index (χ0) is 14.5. The Labute approximate surface area is 118 Å². The number of hydrogen-bond donors (Lipinski definition) is 1. The third-order valence-electron chi connectivity index (χ3n) is 3.70. The van der Waals surface area contributed by atoms with Crippen LogP contribution in [0.3, 0.4) is 0 Å². The van der Waals surface area contributed by atoms with Crippen LogP contribution in [0.4, 0.5) is 8.78 Å². The number of ether oxygens (including phenoxy) is 1. The Morgan fingerprint density at radius 3 is 2.95 bits per heavy atom. The van der Waals surface area contributed by atoms with Crippen LogP contribution in [0.2, 0.25) is 0 Å². The molecule has 112 valence electrons. The Kier molecular flexibility index (Phi) is 5.46. The lowest BCUT2D eigenvalue weighted by atomic mass is 9.96. The molecule has 0 amide bonds. The number of nitrogens with zero attached hydrogens (tertiary/aromatic N) is 1. The molecule has 0 spiro atoms. The molecule has 0 aromatic heterocycles. The average Bonchev–Trinajstić information content (AvgIpc) is 2.45. The van der Waals surface area contributed by atoms with E-state index in [1.807, 2.05) is 20.0 Å². The summed E-state index contributed by atoms with van der Waals surface area (Å²) in [6, 6.07) is 6.68. The molecule has 0 aliphatic carbocycles. The molecule has 1 aliphatic heterocycles. The van der Waals surface area contributed by atoms with Gasteiger partial charge in [0.05, 0.1) is 18.8 Å². The predicted octanol–water partition coefficient (Wildman–Crippen LogP) is 2.61. The predicted molar refractivity (Wildman–Crippen MR) is 75.1 cm³/mol. The van der Waals surface area contributed by atoms with Crippen molar-refractivity contribution >= 4 is 0 Å². The van der Waals surface area contributed by atoms with Crippen LogP contribution in [-0.2, 0) is 4.74 Å². The first-order valence-corrected chi connectivity index (χ1v) is 7.04. The molecule has 1 saturated heterocycles. The summed E-state index contributed by atoms with van der Waals surface area (Å²) in [5.74, 6) is 0. The molecular weight excluding hydrogens is 262 g/mol. The molecule has 2 atom stereocenters. The normalized spacial score (nSPS) is 24.2. The Morgan fingerprint density at radius 1 is 1.45 bits per heavy atom. The highest BCUT2D eigenvalue weighted by Gasteiger charge is 2.31. The van der Waals surface area contributed by atoms with Crippen LogP contribution >= 0.6 is 0 Å². The number of hydrogen-bond acceptors (Lipinski definition) is 3. The third-order valence-corrected chi connectivity index (χ3v) is 3.70. The maximum Gasteiger partial charge on any atom is 0.263 e. The molecule has 0 bridgehead atoms. The lowest BCUT2D eigenvalue weighted by Gasteiger charge is -2.39. The second kappa shape index (κ2) is 7.11. The molecular formula is C15H22F2N2O. The van der Waals surface area contributed by atoms with Gasteiger partial charge in [0.2, 0.25) is 0 Å². The molecule has 0 radical (unpaired) electrons. The van der Waals surface area contributed by atoms with Crippen LogP contribution in [0.5, 0.6) is 0 Å². The quantitative estimate of drug-likeness (QED) is 0.899. The van der Waals surface area contributed by atoms with Crippen LogP contribution in [-0.4, -0.2) is 44.3 Å². The number of rotatable bonds is 5. The first kappa shape index (κ1) is 15.4. The van der Waals surface area contributed by atoms with Gasteiger partial charge in [-0.25, -0.2) is 8.78 Å². The van der Waals surface area contributed by atoms with E-state index in [2.05, 4.69) is 10.2 Å². The van der Waals surface area contributed by atoms with Gasteiger partial charge in [0.1, 0.15) is 0 Å².